The van der Waals surface area contributed by atoms with Crippen LogP contribution in [0.3, 0.4) is 0 Å². The predicted molar refractivity (Wildman–Crippen MR) is 54.1 cm³/mol. The van der Waals surface area contributed by atoms with Crippen LogP contribution < -0.4 is 0 Å². The summed E-state index contributed by atoms with van der Waals surface area (Å²) in [6.45, 7) is 5.56. The van der Waals surface area contributed by atoms with Gasteiger partial charge in [-0.1, -0.05) is 25.3 Å². The van der Waals surface area contributed by atoms with E-state index in [1.54, 1.807) is 6.08 Å². The summed E-state index contributed by atoms with van der Waals surface area (Å²) in [5.74, 6) is 5.44. The van der Waals surface area contributed by atoms with Crippen LogP contribution in [0.5, 0.6) is 0 Å². The molecule has 0 aliphatic rings. The minimum Gasteiger partial charge on any atom is -0.389 e. The van der Waals surface area contributed by atoms with Gasteiger partial charge in [0.15, 0.2) is 0 Å². The first-order chi connectivity index (χ1) is 6.22. The molecular weight excluding hydrogens is 164 g/mol. The van der Waals surface area contributed by atoms with E-state index in [0.29, 0.717) is 6.42 Å². The lowest BCUT2D eigenvalue weighted by Crippen LogP contribution is -2.23. The summed E-state index contributed by atoms with van der Waals surface area (Å²) < 4.78 is 0. The molecule has 0 amide bonds. The molecular formula is C11H18O2. The predicted octanol–water partition coefficient (Wildman–Crippen LogP) is 1.48. The molecule has 2 heteroatoms. The van der Waals surface area contributed by atoms with Crippen molar-refractivity contribution in [3.8, 4) is 11.8 Å². The van der Waals surface area contributed by atoms with Gasteiger partial charge in [-0.3, -0.25) is 0 Å². The van der Waals surface area contributed by atoms with Gasteiger partial charge in [0.25, 0.3) is 0 Å². The standard InChI is InChI=1S/C11H18O2/c1-3-5-6-7-9-11(13)10(12)8-4-2/h4,10-13H,2-3,5-6,8H2,1H3/t10-,11-/m0/s1. The molecule has 0 saturated carbocycles. The fourth-order valence-electron chi connectivity index (χ4n) is 0.838. The molecule has 74 valence electrons. The van der Waals surface area contributed by atoms with Gasteiger partial charge < -0.3 is 10.2 Å². The SMILES string of the molecule is C=CC[C@H](O)[C@@H](O)C#CCCCC. The summed E-state index contributed by atoms with van der Waals surface area (Å²) in [6, 6.07) is 0. The normalized spacial score (nSPS) is 14.1. The first-order valence-electron chi connectivity index (χ1n) is 4.67. The lowest BCUT2D eigenvalue weighted by molar-refractivity contribution is 0.0568. The van der Waals surface area contributed by atoms with Crippen LogP contribution in [0.2, 0.25) is 0 Å². The number of aliphatic hydroxyl groups is 2. The smallest absolute Gasteiger partial charge is 0.140 e. The summed E-state index contributed by atoms with van der Waals surface area (Å²) in [7, 11) is 0. The maximum absolute atomic E-state index is 9.28. The molecule has 2 N–H and O–H groups in total. The van der Waals surface area contributed by atoms with Gasteiger partial charge in [-0.25, -0.2) is 0 Å². The van der Waals surface area contributed by atoms with Crippen LogP contribution in [0.25, 0.3) is 0 Å². The molecule has 0 spiro atoms. The molecule has 0 aromatic carbocycles. The third-order valence-electron chi connectivity index (χ3n) is 1.68. The molecule has 0 aliphatic heterocycles. The molecule has 0 fully saturated rings. The topological polar surface area (TPSA) is 40.5 Å². The van der Waals surface area contributed by atoms with E-state index in [-0.39, 0.29) is 0 Å². The molecule has 2 atom stereocenters. The number of rotatable bonds is 5. The minimum absolute atomic E-state index is 0.379. The first kappa shape index (κ1) is 12.2. The van der Waals surface area contributed by atoms with E-state index in [1.165, 1.54) is 0 Å². The number of unbranched alkanes of at least 4 members (excludes halogenated alkanes) is 2. The van der Waals surface area contributed by atoms with Crippen molar-refractivity contribution in [2.45, 2.75) is 44.8 Å². The average molecular weight is 182 g/mol. The highest BCUT2D eigenvalue weighted by Crippen LogP contribution is 1.99. The fourth-order valence-corrected chi connectivity index (χ4v) is 0.838. The molecule has 0 aliphatic carbocycles. The van der Waals surface area contributed by atoms with E-state index >= 15 is 0 Å². The fraction of sp³-hybridized carbons (Fsp3) is 0.636. The summed E-state index contributed by atoms with van der Waals surface area (Å²) in [5.41, 5.74) is 0. The van der Waals surface area contributed by atoms with Crippen LogP contribution in [0.1, 0.15) is 32.6 Å². The largest absolute Gasteiger partial charge is 0.389 e. The third-order valence-corrected chi connectivity index (χ3v) is 1.68. The van der Waals surface area contributed by atoms with Gasteiger partial charge in [-0.05, 0) is 12.8 Å². The quantitative estimate of drug-likeness (QED) is 0.384. The molecule has 0 aromatic rings. The van der Waals surface area contributed by atoms with Crippen molar-refractivity contribution >= 4 is 0 Å². The van der Waals surface area contributed by atoms with E-state index in [9.17, 15) is 10.2 Å². The Labute approximate surface area is 80.3 Å². The Morgan fingerprint density at radius 2 is 2.15 bits per heavy atom. The minimum atomic E-state index is -0.935. The Hall–Kier alpha value is -0.780. The summed E-state index contributed by atoms with van der Waals surface area (Å²) >= 11 is 0. The number of hydrogen-bond acceptors (Lipinski definition) is 2. The lowest BCUT2D eigenvalue weighted by Gasteiger charge is -2.09. The van der Waals surface area contributed by atoms with Crippen molar-refractivity contribution in [1.82, 2.24) is 0 Å². The first-order valence-corrected chi connectivity index (χ1v) is 4.67. The Kier molecular flexibility index (Phi) is 7.38. The van der Waals surface area contributed by atoms with Crippen LogP contribution in [-0.2, 0) is 0 Å². The van der Waals surface area contributed by atoms with Crippen molar-refractivity contribution in [3.05, 3.63) is 12.7 Å². The van der Waals surface area contributed by atoms with Gasteiger partial charge >= 0.3 is 0 Å². The molecule has 13 heavy (non-hydrogen) atoms. The van der Waals surface area contributed by atoms with Crippen LogP contribution in [0.15, 0.2) is 12.7 Å². The Balaban J connectivity index is 3.73. The van der Waals surface area contributed by atoms with Crippen molar-refractivity contribution in [3.63, 3.8) is 0 Å². The van der Waals surface area contributed by atoms with E-state index in [1.807, 2.05) is 0 Å². The second-order valence-corrected chi connectivity index (χ2v) is 2.96. The van der Waals surface area contributed by atoms with Gasteiger partial charge in [0, 0.05) is 6.42 Å². The van der Waals surface area contributed by atoms with E-state index in [2.05, 4.69) is 25.3 Å². The van der Waals surface area contributed by atoms with Crippen molar-refractivity contribution < 1.29 is 10.2 Å². The molecule has 0 bridgehead atoms. The van der Waals surface area contributed by atoms with Gasteiger partial charge in [0.05, 0.1) is 6.10 Å². The molecule has 0 rings (SSSR count). The molecule has 0 heterocycles. The van der Waals surface area contributed by atoms with Crippen molar-refractivity contribution in [2.75, 3.05) is 0 Å². The van der Waals surface area contributed by atoms with E-state index in [0.717, 1.165) is 19.3 Å². The van der Waals surface area contributed by atoms with Gasteiger partial charge in [-0.2, -0.15) is 0 Å². The van der Waals surface area contributed by atoms with Gasteiger partial charge in [-0.15, -0.1) is 12.5 Å². The number of hydrogen-bond donors (Lipinski definition) is 2. The second-order valence-electron chi connectivity index (χ2n) is 2.96. The van der Waals surface area contributed by atoms with E-state index in [4.69, 9.17) is 0 Å². The Morgan fingerprint density at radius 3 is 2.69 bits per heavy atom. The molecule has 0 aromatic heterocycles. The monoisotopic (exact) mass is 182 g/mol. The molecule has 2 nitrogen and oxygen atoms in total. The van der Waals surface area contributed by atoms with Crippen molar-refractivity contribution in [2.24, 2.45) is 0 Å². The second kappa shape index (κ2) is 7.85. The number of aliphatic hydroxyl groups excluding tert-OH is 2. The highest BCUT2D eigenvalue weighted by molar-refractivity contribution is 5.07. The van der Waals surface area contributed by atoms with Crippen LogP contribution >= 0.6 is 0 Å². The van der Waals surface area contributed by atoms with Crippen molar-refractivity contribution in [1.29, 1.82) is 0 Å². The van der Waals surface area contributed by atoms with Crippen LogP contribution in [0, 0.1) is 11.8 Å². The molecule has 0 radical (unpaired) electrons. The summed E-state index contributed by atoms with van der Waals surface area (Å²) in [4.78, 5) is 0. The molecule has 0 unspecified atom stereocenters. The summed E-state index contributed by atoms with van der Waals surface area (Å²) in [6.07, 6.45) is 3.14. The average Bonchev–Trinajstić information content (AvgIpc) is 2.12. The maximum atomic E-state index is 9.28. The Bertz CT molecular complexity index is 188. The van der Waals surface area contributed by atoms with Crippen LogP contribution in [-0.4, -0.2) is 22.4 Å². The van der Waals surface area contributed by atoms with Gasteiger partial charge in [0.2, 0.25) is 0 Å². The third kappa shape index (κ3) is 6.39. The maximum Gasteiger partial charge on any atom is 0.140 e. The molecule has 0 saturated heterocycles. The Morgan fingerprint density at radius 1 is 1.46 bits per heavy atom. The van der Waals surface area contributed by atoms with Crippen LogP contribution in [0.4, 0.5) is 0 Å². The summed E-state index contributed by atoms with van der Waals surface area (Å²) in [5, 5.41) is 18.5. The zero-order valence-electron chi connectivity index (χ0n) is 8.16. The lowest BCUT2D eigenvalue weighted by atomic mass is 10.1. The van der Waals surface area contributed by atoms with Gasteiger partial charge in [0.1, 0.15) is 6.10 Å². The highest BCUT2D eigenvalue weighted by Gasteiger charge is 2.10. The zero-order valence-corrected chi connectivity index (χ0v) is 8.16. The highest BCUT2D eigenvalue weighted by atomic mass is 16.3. The van der Waals surface area contributed by atoms with E-state index < -0.39 is 12.2 Å². The zero-order chi connectivity index (χ0) is 10.1.